The monoisotopic (exact) mass is 301 g/mol. The molecular weight excluding hydrogens is 286 g/mol. The molecule has 1 amide bonds. The van der Waals surface area contributed by atoms with E-state index in [4.69, 9.17) is 5.11 Å². The molecule has 0 bridgehead atoms. The maximum absolute atomic E-state index is 12.7. The topological polar surface area (TPSA) is 57.6 Å². The summed E-state index contributed by atoms with van der Waals surface area (Å²) in [4.78, 5) is 26.6. The molecule has 4 nitrogen and oxygen atoms in total. The highest BCUT2D eigenvalue weighted by Crippen LogP contribution is 2.42. The smallest absolute Gasteiger partial charge is 0.335 e. The predicted octanol–water partition coefficient (Wildman–Crippen LogP) is 3.27. The van der Waals surface area contributed by atoms with Gasteiger partial charge in [-0.05, 0) is 43.0 Å². The standard InChI is InChI=1S/C16H15NO3S/c1-16(2)12-6-5-10(14(18)19)8-13(12)17(15(16)20)9-11-4-3-7-21-11/h3-8H,9H2,1-2H3,(H,18,19). The van der Waals surface area contributed by atoms with Gasteiger partial charge < -0.3 is 10.0 Å². The van der Waals surface area contributed by atoms with Crippen molar-refractivity contribution >= 4 is 28.9 Å². The van der Waals surface area contributed by atoms with Crippen molar-refractivity contribution < 1.29 is 14.7 Å². The number of thiophene rings is 1. The van der Waals surface area contributed by atoms with Crippen LogP contribution < -0.4 is 4.90 Å². The fourth-order valence-corrected chi connectivity index (χ4v) is 3.39. The molecule has 0 atom stereocenters. The van der Waals surface area contributed by atoms with Crippen molar-refractivity contribution in [1.82, 2.24) is 0 Å². The highest BCUT2D eigenvalue weighted by atomic mass is 32.1. The SMILES string of the molecule is CC1(C)C(=O)N(Cc2cccs2)c2cc(C(=O)O)ccc21. The number of fused-ring (bicyclic) bond motifs is 1. The van der Waals surface area contributed by atoms with Crippen LogP contribution in [0.2, 0.25) is 0 Å². The van der Waals surface area contributed by atoms with E-state index in [0.29, 0.717) is 12.2 Å². The lowest BCUT2D eigenvalue weighted by Gasteiger charge is -2.19. The van der Waals surface area contributed by atoms with Crippen LogP contribution in [0.4, 0.5) is 5.69 Å². The minimum Gasteiger partial charge on any atom is -0.478 e. The quantitative estimate of drug-likeness (QED) is 0.946. The Bertz CT molecular complexity index is 719. The van der Waals surface area contributed by atoms with Gasteiger partial charge in [-0.25, -0.2) is 4.79 Å². The molecule has 3 rings (SSSR count). The number of carboxylic acid groups (broad SMARTS) is 1. The van der Waals surface area contributed by atoms with Crippen molar-refractivity contribution in [1.29, 1.82) is 0 Å². The summed E-state index contributed by atoms with van der Waals surface area (Å²) in [5.41, 5.74) is 1.17. The molecule has 1 aromatic heterocycles. The number of rotatable bonds is 3. The third-order valence-electron chi connectivity index (χ3n) is 3.88. The maximum Gasteiger partial charge on any atom is 0.335 e. The van der Waals surface area contributed by atoms with Crippen molar-refractivity contribution in [2.45, 2.75) is 25.8 Å². The van der Waals surface area contributed by atoms with E-state index < -0.39 is 11.4 Å². The Morgan fingerprint density at radius 3 is 2.71 bits per heavy atom. The van der Waals surface area contributed by atoms with Gasteiger partial charge in [-0.2, -0.15) is 0 Å². The molecule has 0 saturated carbocycles. The summed E-state index contributed by atoms with van der Waals surface area (Å²) >= 11 is 1.59. The van der Waals surface area contributed by atoms with E-state index in [0.717, 1.165) is 10.4 Å². The van der Waals surface area contributed by atoms with Crippen molar-refractivity contribution in [2.24, 2.45) is 0 Å². The fraction of sp³-hybridized carbons (Fsp3) is 0.250. The molecule has 0 spiro atoms. The van der Waals surface area contributed by atoms with Crippen LogP contribution in [0.3, 0.4) is 0 Å². The second-order valence-electron chi connectivity index (χ2n) is 5.63. The Kier molecular flexibility index (Phi) is 3.10. The number of amides is 1. The number of benzene rings is 1. The summed E-state index contributed by atoms with van der Waals surface area (Å²) in [6, 6.07) is 8.83. The first-order valence-electron chi connectivity index (χ1n) is 6.63. The molecule has 1 aliphatic rings. The lowest BCUT2D eigenvalue weighted by atomic mass is 9.86. The summed E-state index contributed by atoms with van der Waals surface area (Å²) in [5.74, 6) is -0.973. The molecule has 5 heteroatoms. The molecule has 0 fully saturated rings. The minimum absolute atomic E-state index is 0.00781. The normalized spacial score (nSPS) is 16.1. The second kappa shape index (κ2) is 4.70. The summed E-state index contributed by atoms with van der Waals surface area (Å²) in [7, 11) is 0. The van der Waals surface area contributed by atoms with Crippen molar-refractivity contribution in [3.05, 3.63) is 51.7 Å². The van der Waals surface area contributed by atoms with Gasteiger partial charge in [0.05, 0.1) is 17.5 Å². The molecule has 21 heavy (non-hydrogen) atoms. The molecule has 108 valence electrons. The van der Waals surface area contributed by atoms with E-state index in [2.05, 4.69) is 0 Å². The Balaban J connectivity index is 2.09. The lowest BCUT2D eigenvalue weighted by molar-refractivity contribution is -0.122. The second-order valence-corrected chi connectivity index (χ2v) is 6.66. The fourth-order valence-electron chi connectivity index (χ4n) is 2.69. The highest BCUT2D eigenvalue weighted by Gasteiger charge is 2.44. The summed E-state index contributed by atoms with van der Waals surface area (Å²) < 4.78 is 0. The molecule has 1 aromatic carbocycles. The average molecular weight is 301 g/mol. The first kappa shape index (κ1) is 13.8. The molecule has 2 aromatic rings. The Hall–Kier alpha value is -2.14. The summed E-state index contributed by atoms with van der Waals surface area (Å²) in [5, 5.41) is 11.1. The Morgan fingerprint density at radius 1 is 1.33 bits per heavy atom. The van der Waals surface area contributed by atoms with Crippen LogP contribution in [0.1, 0.15) is 34.6 Å². The minimum atomic E-state index is -0.981. The molecule has 0 aliphatic carbocycles. The van der Waals surface area contributed by atoms with Gasteiger partial charge in [0.15, 0.2) is 0 Å². The van der Waals surface area contributed by atoms with Gasteiger partial charge in [-0.1, -0.05) is 12.1 Å². The van der Waals surface area contributed by atoms with E-state index in [1.54, 1.807) is 34.4 Å². The number of anilines is 1. The number of hydrogen-bond donors (Lipinski definition) is 1. The molecule has 0 unspecified atom stereocenters. The van der Waals surface area contributed by atoms with Gasteiger partial charge in [0.25, 0.3) is 0 Å². The van der Waals surface area contributed by atoms with Crippen LogP contribution in [0.25, 0.3) is 0 Å². The van der Waals surface area contributed by atoms with E-state index in [-0.39, 0.29) is 11.5 Å². The molecular formula is C16H15NO3S. The number of carboxylic acids is 1. The van der Waals surface area contributed by atoms with Gasteiger partial charge in [0.1, 0.15) is 0 Å². The van der Waals surface area contributed by atoms with Crippen LogP contribution in [-0.2, 0) is 16.8 Å². The number of hydrogen-bond acceptors (Lipinski definition) is 3. The zero-order valence-electron chi connectivity index (χ0n) is 11.8. The third-order valence-corrected chi connectivity index (χ3v) is 4.74. The molecule has 2 heterocycles. The maximum atomic E-state index is 12.7. The Morgan fingerprint density at radius 2 is 2.10 bits per heavy atom. The van der Waals surface area contributed by atoms with Crippen molar-refractivity contribution in [3.63, 3.8) is 0 Å². The van der Waals surface area contributed by atoms with Crippen LogP contribution in [0.5, 0.6) is 0 Å². The van der Waals surface area contributed by atoms with Crippen LogP contribution >= 0.6 is 11.3 Å². The highest BCUT2D eigenvalue weighted by molar-refractivity contribution is 7.09. The van der Waals surface area contributed by atoms with E-state index in [9.17, 15) is 9.59 Å². The summed E-state index contributed by atoms with van der Waals surface area (Å²) in [6.45, 7) is 4.24. The van der Waals surface area contributed by atoms with E-state index >= 15 is 0 Å². The molecule has 0 radical (unpaired) electrons. The lowest BCUT2D eigenvalue weighted by Crippen LogP contribution is -2.35. The zero-order valence-corrected chi connectivity index (χ0v) is 12.6. The van der Waals surface area contributed by atoms with Gasteiger partial charge in [0, 0.05) is 10.6 Å². The predicted molar refractivity (Wildman–Crippen MR) is 81.9 cm³/mol. The number of carbonyl (C=O) groups is 2. The zero-order chi connectivity index (χ0) is 15.2. The number of carbonyl (C=O) groups excluding carboxylic acids is 1. The van der Waals surface area contributed by atoms with Gasteiger partial charge in [-0.3, -0.25) is 4.79 Å². The van der Waals surface area contributed by atoms with Crippen LogP contribution in [-0.4, -0.2) is 17.0 Å². The van der Waals surface area contributed by atoms with Gasteiger partial charge >= 0.3 is 5.97 Å². The van der Waals surface area contributed by atoms with Gasteiger partial charge in [-0.15, -0.1) is 11.3 Å². The van der Waals surface area contributed by atoms with E-state index in [1.165, 1.54) is 0 Å². The molecule has 1 N–H and O–H groups in total. The van der Waals surface area contributed by atoms with Crippen molar-refractivity contribution in [2.75, 3.05) is 4.90 Å². The average Bonchev–Trinajstić information content (AvgIpc) is 3.01. The number of aromatic carboxylic acids is 1. The third kappa shape index (κ3) is 2.14. The Labute approximate surface area is 126 Å². The van der Waals surface area contributed by atoms with Crippen LogP contribution in [0.15, 0.2) is 35.7 Å². The first-order chi connectivity index (χ1) is 9.91. The van der Waals surface area contributed by atoms with Gasteiger partial charge in [0.2, 0.25) is 5.91 Å². The largest absolute Gasteiger partial charge is 0.478 e. The summed E-state index contributed by atoms with van der Waals surface area (Å²) in [6.07, 6.45) is 0. The molecule has 0 saturated heterocycles. The van der Waals surface area contributed by atoms with Crippen LogP contribution in [0, 0.1) is 0 Å². The van der Waals surface area contributed by atoms with E-state index in [1.807, 2.05) is 31.4 Å². The van der Waals surface area contributed by atoms with Crippen molar-refractivity contribution in [3.8, 4) is 0 Å². The first-order valence-corrected chi connectivity index (χ1v) is 7.51. The number of nitrogens with zero attached hydrogens (tertiary/aromatic N) is 1. The molecule has 1 aliphatic heterocycles.